The van der Waals surface area contributed by atoms with Gasteiger partial charge < -0.3 is 4.84 Å². The van der Waals surface area contributed by atoms with Gasteiger partial charge in [0.25, 0.3) is 0 Å². The molecule has 1 fully saturated rings. The molecule has 2 aromatic carbocycles. The van der Waals surface area contributed by atoms with Crippen molar-refractivity contribution in [2.45, 2.75) is 12.8 Å². The Morgan fingerprint density at radius 2 is 1.81 bits per heavy atom. The second kappa shape index (κ2) is 4.14. The van der Waals surface area contributed by atoms with Gasteiger partial charge in [0, 0.05) is 19.2 Å². The van der Waals surface area contributed by atoms with Crippen LogP contribution in [0.5, 0.6) is 5.75 Å². The first-order valence-electron chi connectivity index (χ1n) is 5.76. The Labute approximate surface area is 95.4 Å². The van der Waals surface area contributed by atoms with E-state index in [1.165, 1.54) is 18.2 Å². The molecule has 0 amide bonds. The number of hydrogen-bond donors (Lipinski definition) is 0. The van der Waals surface area contributed by atoms with Gasteiger partial charge in [0.2, 0.25) is 0 Å². The number of benzene rings is 2. The zero-order valence-corrected chi connectivity index (χ0v) is 9.15. The van der Waals surface area contributed by atoms with Crippen LogP contribution in [0.15, 0.2) is 36.4 Å². The molecule has 2 heteroatoms. The second-order valence-electron chi connectivity index (χ2n) is 4.14. The van der Waals surface area contributed by atoms with Gasteiger partial charge in [-0.05, 0) is 29.7 Å². The lowest BCUT2D eigenvalue weighted by molar-refractivity contribution is -0.0347. The molecule has 0 aliphatic carbocycles. The van der Waals surface area contributed by atoms with Crippen LogP contribution in [0.4, 0.5) is 0 Å². The van der Waals surface area contributed by atoms with Crippen molar-refractivity contribution in [3.05, 3.63) is 42.5 Å². The molecule has 1 heterocycles. The highest BCUT2D eigenvalue weighted by atomic mass is 16.7. The topological polar surface area (TPSA) is 12.5 Å². The average Bonchev–Trinajstić information content (AvgIpc) is 2.82. The van der Waals surface area contributed by atoms with E-state index in [0.717, 1.165) is 24.2 Å². The van der Waals surface area contributed by atoms with Crippen LogP contribution in [-0.4, -0.2) is 18.2 Å². The Hall–Kier alpha value is -1.54. The summed E-state index contributed by atoms with van der Waals surface area (Å²) in [6, 6.07) is 15.6. The van der Waals surface area contributed by atoms with Crippen molar-refractivity contribution in [2.75, 3.05) is 13.1 Å². The van der Waals surface area contributed by atoms with E-state index in [4.69, 9.17) is 4.84 Å². The van der Waals surface area contributed by atoms with Gasteiger partial charge in [-0.25, -0.2) is 0 Å². The maximum Gasteiger partial charge on any atom is 0.156 e. The predicted octanol–water partition coefficient (Wildman–Crippen LogP) is 3.03. The Morgan fingerprint density at radius 3 is 2.69 bits per heavy atom. The minimum Gasteiger partial charge on any atom is -0.405 e. The summed E-state index contributed by atoms with van der Waals surface area (Å²) in [5.41, 5.74) is 0. The smallest absolute Gasteiger partial charge is 0.156 e. The zero-order valence-electron chi connectivity index (χ0n) is 9.15. The normalized spacial score (nSPS) is 16.8. The van der Waals surface area contributed by atoms with Crippen LogP contribution in [0, 0.1) is 6.07 Å². The molecule has 16 heavy (non-hydrogen) atoms. The lowest BCUT2D eigenvalue weighted by Crippen LogP contribution is -2.23. The molecular formula is C14H14NO. The monoisotopic (exact) mass is 212 g/mol. The number of hydroxylamine groups is 2. The highest BCUT2D eigenvalue weighted by Gasteiger charge is 2.13. The number of fused-ring (bicyclic) bond motifs is 1. The minimum atomic E-state index is 0.820. The largest absolute Gasteiger partial charge is 0.405 e. The lowest BCUT2D eigenvalue weighted by atomic mass is 10.1. The van der Waals surface area contributed by atoms with Crippen LogP contribution in [-0.2, 0) is 0 Å². The van der Waals surface area contributed by atoms with Crippen molar-refractivity contribution in [2.24, 2.45) is 0 Å². The third-order valence-corrected chi connectivity index (χ3v) is 2.93. The van der Waals surface area contributed by atoms with Gasteiger partial charge in [-0.3, -0.25) is 0 Å². The third kappa shape index (κ3) is 1.89. The van der Waals surface area contributed by atoms with E-state index in [1.807, 2.05) is 23.3 Å². The third-order valence-electron chi connectivity index (χ3n) is 2.93. The van der Waals surface area contributed by atoms with E-state index in [0.29, 0.717) is 0 Å². The number of hydrogen-bond acceptors (Lipinski definition) is 2. The van der Waals surface area contributed by atoms with E-state index in [2.05, 4.69) is 24.3 Å². The molecule has 0 N–H and O–H groups in total. The summed E-state index contributed by atoms with van der Waals surface area (Å²) >= 11 is 0. The van der Waals surface area contributed by atoms with Gasteiger partial charge in [0.1, 0.15) is 0 Å². The quantitative estimate of drug-likeness (QED) is 0.758. The Kier molecular flexibility index (Phi) is 2.50. The van der Waals surface area contributed by atoms with E-state index < -0.39 is 0 Å². The molecule has 0 saturated carbocycles. The van der Waals surface area contributed by atoms with Gasteiger partial charge in [0.05, 0.1) is 0 Å². The molecule has 2 nitrogen and oxygen atoms in total. The molecule has 1 aliphatic rings. The number of nitrogens with zero attached hydrogens (tertiary/aromatic N) is 1. The molecule has 1 saturated heterocycles. The van der Waals surface area contributed by atoms with Gasteiger partial charge >= 0.3 is 0 Å². The molecule has 81 valence electrons. The minimum absolute atomic E-state index is 0.820. The van der Waals surface area contributed by atoms with Crippen molar-refractivity contribution in [3.8, 4) is 5.75 Å². The van der Waals surface area contributed by atoms with Crippen molar-refractivity contribution >= 4 is 10.8 Å². The van der Waals surface area contributed by atoms with Crippen LogP contribution in [0.25, 0.3) is 10.8 Å². The molecular weight excluding hydrogens is 198 g/mol. The van der Waals surface area contributed by atoms with E-state index >= 15 is 0 Å². The van der Waals surface area contributed by atoms with Crippen LogP contribution in [0.2, 0.25) is 0 Å². The Morgan fingerprint density at radius 1 is 1.00 bits per heavy atom. The fraction of sp³-hybridized carbons (Fsp3) is 0.286. The standard InChI is InChI=1S/C14H14NO/c1-2-6-13-11-14(8-7-12(13)5-1)16-15-9-3-4-10-15/h1-2,5-8H,3-4,9-10H2. The van der Waals surface area contributed by atoms with Gasteiger partial charge in [0.15, 0.2) is 5.75 Å². The molecule has 0 aromatic heterocycles. The fourth-order valence-corrected chi connectivity index (χ4v) is 2.07. The summed E-state index contributed by atoms with van der Waals surface area (Å²) in [6.07, 6.45) is 2.46. The summed E-state index contributed by atoms with van der Waals surface area (Å²) in [5.74, 6) is 0.820. The molecule has 0 spiro atoms. The second-order valence-corrected chi connectivity index (χ2v) is 4.14. The number of rotatable bonds is 2. The van der Waals surface area contributed by atoms with Gasteiger partial charge in [-0.1, -0.05) is 30.3 Å². The molecule has 3 rings (SSSR count). The summed E-state index contributed by atoms with van der Waals surface area (Å²) in [5, 5.41) is 4.33. The van der Waals surface area contributed by atoms with Crippen molar-refractivity contribution in [1.82, 2.24) is 5.06 Å². The molecule has 0 atom stereocenters. The summed E-state index contributed by atoms with van der Waals surface area (Å²) in [4.78, 5) is 5.76. The van der Waals surface area contributed by atoms with Crippen molar-refractivity contribution in [1.29, 1.82) is 0 Å². The first-order chi connectivity index (χ1) is 7.92. The molecule has 0 unspecified atom stereocenters. The molecule has 2 aromatic rings. The summed E-state index contributed by atoms with van der Waals surface area (Å²) < 4.78 is 0. The molecule has 1 aliphatic heterocycles. The average molecular weight is 212 g/mol. The van der Waals surface area contributed by atoms with E-state index in [-0.39, 0.29) is 0 Å². The summed E-state index contributed by atoms with van der Waals surface area (Å²) in [6.45, 7) is 2.06. The first kappa shape index (κ1) is 9.67. The summed E-state index contributed by atoms with van der Waals surface area (Å²) in [7, 11) is 0. The van der Waals surface area contributed by atoms with Crippen LogP contribution < -0.4 is 4.84 Å². The first-order valence-corrected chi connectivity index (χ1v) is 5.76. The lowest BCUT2D eigenvalue weighted by Gasteiger charge is -2.15. The van der Waals surface area contributed by atoms with Gasteiger partial charge in [-0.15, -0.1) is 5.06 Å². The van der Waals surface area contributed by atoms with E-state index in [1.54, 1.807) is 0 Å². The van der Waals surface area contributed by atoms with Crippen molar-refractivity contribution < 1.29 is 4.84 Å². The zero-order chi connectivity index (χ0) is 10.8. The van der Waals surface area contributed by atoms with Crippen LogP contribution in [0.1, 0.15) is 12.8 Å². The fourth-order valence-electron chi connectivity index (χ4n) is 2.07. The molecule has 0 bridgehead atoms. The highest BCUT2D eigenvalue weighted by Crippen LogP contribution is 2.21. The van der Waals surface area contributed by atoms with E-state index in [9.17, 15) is 0 Å². The van der Waals surface area contributed by atoms with Crippen molar-refractivity contribution in [3.63, 3.8) is 0 Å². The molecule has 1 radical (unpaired) electrons. The SMILES string of the molecule is [c]1c(ON2CCCC2)ccc2ccccc12. The highest BCUT2D eigenvalue weighted by molar-refractivity contribution is 5.82. The maximum atomic E-state index is 5.76. The maximum absolute atomic E-state index is 5.76. The Balaban J connectivity index is 1.86. The predicted molar refractivity (Wildman–Crippen MR) is 64.2 cm³/mol. The van der Waals surface area contributed by atoms with Crippen LogP contribution in [0.3, 0.4) is 0 Å². The Bertz CT molecular complexity index is 489. The van der Waals surface area contributed by atoms with Gasteiger partial charge in [-0.2, -0.15) is 0 Å². The van der Waals surface area contributed by atoms with Crippen LogP contribution >= 0.6 is 0 Å².